The standard InChI is InChI=1S/C13H12ClN3O2/c14-10-3-1-9(2-4-10)8-19-11-5-6-16-12(7-11)13(15)17-18/h1-7,18H,8H2,(H2,15,17). The van der Waals surface area contributed by atoms with Crippen LogP contribution in [0.1, 0.15) is 11.3 Å². The predicted octanol–water partition coefficient (Wildman–Crippen LogP) is 2.41. The van der Waals surface area contributed by atoms with Gasteiger partial charge in [0.05, 0.1) is 0 Å². The van der Waals surface area contributed by atoms with Crippen LogP contribution in [0.5, 0.6) is 5.75 Å². The number of ether oxygens (including phenoxy) is 1. The second-order valence-electron chi connectivity index (χ2n) is 3.78. The Morgan fingerprint density at radius 1 is 1.32 bits per heavy atom. The maximum absolute atomic E-state index is 8.58. The molecule has 1 aromatic heterocycles. The molecule has 0 spiro atoms. The van der Waals surface area contributed by atoms with Crippen LogP contribution in [0.25, 0.3) is 0 Å². The van der Waals surface area contributed by atoms with E-state index in [-0.39, 0.29) is 5.84 Å². The third-order valence-electron chi connectivity index (χ3n) is 2.42. The van der Waals surface area contributed by atoms with Gasteiger partial charge in [0.1, 0.15) is 18.1 Å². The van der Waals surface area contributed by atoms with Crippen molar-refractivity contribution >= 4 is 17.4 Å². The molecule has 0 aliphatic rings. The minimum absolute atomic E-state index is 0.0584. The number of halogens is 1. The fraction of sp³-hybridized carbons (Fsp3) is 0.0769. The molecule has 2 rings (SSSR count). The summed E-state index contributed by atoms with van der Waals surface area (Å²) in [5, 5.41) is 12.2. The Morgan fingerprint density at radius 3 is 2.74 bits per heavy atom. The van der Waals surface area contributed by atoms with Crippen molar-refractivity contribution in [1.29, 1.82) is 0 Å². The zero-order valence-electron chi connectivity index (χ0n) is 9.95. The van der Waals surface area contributed by atoms with Crippen LogP contribution in [0.4, 0.5) is 0 Å². The van der Waals surface area contributed by atoms with E-state index in [1.165, 1.54) is 6.20 Å². The van der Waals surface area contributed by atoms with Crippen LogP contribution in [0.3, 0.4) is 0 Å². The van der Waals surface area contributed by atoms with Crippen LogP contribution in [-0.2, 0) is 6.61 Å². The number of amidine groups is 1. The normalized spacial score (nSPS) is 11.3. The van der Waals surface area contributed by atoms with Gasteiger partial charge in [-0.05, 0) is 23.8 Å². The molecule has 0 amide bonds. The highest BCUT2D eigenvalue weighted by Gasteiger charge is 2.03. The van der Waals surface area contributed by atoms with Crippen molar-refractivity contribution in [1.82, 2.24) is 4.98 Å². The molecule has 0 bridgehead atoms. The quantitative estimate of drug-likeness (QED) is 0.389. The van der Waals surface area contributed by atoms with Crippen LogP contribution in [0.15, 0.2) is 47.8 Å². The van der Waals surface area contributed by atoms with Gasteiger partial charge in [0.15, 0.2) is 5.84 Å². The molecule has 19 heavy (non-hydrogen) atoms. The average Bonchev–Trinajstić information content (AvgIpc) is 2.46. The Morgan fingerprint density at radius 2 is 2.05 bits per heavy atom. The zero-order chi connectivity index (χ0) is 13.7. The number of nitrogens with two attached hydrogens (primary N) is 1. The Bertz CT molecular complexity index is 585. The number of rotatable bonds is 4. The predicted molar refractivity (Wildman–Crippen MR) is 72.5 cm³/mol. The van der Waals surface area contributed by atoms with Crippen molar-refractivity contribution in [3.05, 3.63) is 58.9 Å². The summed E-state index contributed by atoms with van der Waals surface area (Å²) >= 11 is 5.80. The van der Waals surface area contributed by atoms with Crippen molar-refractivity contribution in [2.24, 2.45) is 10.9 Å². The molecule has 0 atom stereocenters. The summed E-state index contributed by atoms with van der Waals surface area (Å²) in [5.41, 5.74) is 6.80. The molecule has 0 radical (unpaired) electrons. The number of nitrogens with zero attached hydrogens (tertiary/aromatic N) is 2. The SMILES string of the molecule is NC(=NO)c1cc(OCc2ccc(Cl)cc2)ccn1. The number of hydrogen-bond donors (Lipinski definition) is 2. The molecule has 0 saturated carbocycles. The second kappa shape index (κ2) is 6.06. The van der Waals surface area contributed by atoms with E-state index >= 15 is 0 Å². The van der Waals surface area contributed by atoms with Gasteiger partial charge in [-0.3, -0.25) is 4.98 Å². The zero-order valence-corrected chi connectivity index (χ0v) is 10.7. The summed E-state index contributed by atoms with van der Waals surface area (Å²) in [6.45, 7) is 0.400. The molecule has 98 valence electrons. The minimum Gasteiger partial charge on any atom is -0.489 e. The summed E-state index contributed by atoms with van der Waals surface area (Å²) in [4.78, 5) is 3.96. The molecule has 0 aliphatic heterocycles. The van der Waals surface area contributed by atoms with Crippen molar-refractivity contribution in [3.63, 3.8) is 0 Å². The fourth-order valence-electron chi connectivity index (χ4n) is 1.44. The molecular weight excluding hydrogens is 266 g/mol. The molecule has 0 aliphatic carbocycles. The first kappa shape index (κ1) is 13.2. The van der Waals surface area contributed by atoms with E-state index in [0.717, 1.165) is 5.56 Å². The number of benzene rings is 1. The van der Waals surface area contributed by atoms with Crippen LogP contribution in [0, 0.1) is 0 Å². The van der Waals surface area contributed by atoms with E-state index in [9.17, 15) is 0 Å². The van der Waals surface area contributed by atoms with Gasteiger partial charge in [0.25, 0.3) is 0 Å². The molecule has 0 saturated heterocycles. The molecule has 1 heterocycles. The molecule has 0 unspecified atom stereocenters. The number of pyridine rings is 1. The first-order valence-electron chi connectivity index (χ1n) is 5.50. The molecule has 6 heteroatoms. The number of oxime groups is 1. The molecule has 2 aromatic rings. The fourth-order valence-corrected chi connectivity index (χ4v) is 1.57. The van der Waals surface area contributed by atoms with Crippen LogP contribution in [0.2, 0.25) is 5.02 Å². The third-order valence-corrected chi connectivity index (χ3v) is 2.67. The lowest BCUT2D eigenvalue weighted by molar-refractivity contribution is 0.305. The van der Waals surface area contributed by atoms with Gasteiger partial charge in [-0.25, -0.2) is 0 Å². The third kappa shape index (κ3) is 3.59. The average molecular weight is 278 g/mol. The van der Waals surface area contributed by atoms with Gasteiger partial charge < -0.3 is 15.7 Å². The van der Waals surface area contributed by atoms with Crippen molar-refractivity contribution in [3.8, 4) is 5.75 Å². The van der Waals surface area contributed by atoms with Crippen LogP contribution >= 0.6 is 11.6 Å². The Hall–Kier alpha value is -2.27. The van der Waals surface area contributed by atoms with Gasteiger partial charge in [-0.2, -0.15) is 0 Å². The number of hydrogen-bond acceptors (Lipinski definition) is 4. The van der Waals surface area contributed by atoms with Crippen molar-refractivity contribution in [2.75, 3.05) is 0 Å². The van der Waals surface area contributed by atoms with E-state index in [4.69, 9.17) is 27.3 Å². The van der Waals surface area contributed by atoms with Gasteiger partial charge in [-0.15, -0.1) is 0 Å². The summed E-state index contributed by atoms with van der Waals surface area (Å²) in [5.74, 6) is 0.531. The van der Waals surface area contributed by atoms with Gasteiger partial charge in [0.2, 0.25) is 0 Å². The molecular formula is C13H12ClN3O2. The summed E-state index contributed by atoms with van der Waals surface area (Å²) < 4.78 is 5.59. The van der Waals surface area contributed by atoms with E-state index in [1.807, 2.05) is 12.1 Å². The summed E-state index contributed by atoms with van der Waals surface area (Å²) in [7, 11) is 0. The highest BCUT2D eigenvalue weighted by Crippen LogP contribution is 2.15. The molecule has 1 aromatic carbocycles. The van der Waals surface area contributed by atoms with Crippen molar-refractivity contribution in [2.45, 2.75) is 6.61 Å². The summed E-state index contributed by atoms with van der Waals surface area (Å²) in [6, 6.07) is 10.7. The Labute approximate surface area is 115 Å². The maximum atomic E-state index is 8.58. The second-order valence-corrected chi connectivity index (χ2v) is 4.21. The lowest BCUT2D eigenvalue weighted by Gasteiger charge is -2.07. The molecule has 5 nitrogen and oxygen atoms in total. The maximum Gasteiger partial charge on any atom is 0.188 e. The lowest BCUT2D eigenvalue weighted by atomic mass is 10.2. The minimum atomic E-state index is -0.0584. The van der Waals surface area contributed by atoms with Gasteiger partial charge >= 0.3 is 0 Å². The highest BCUT2D eigenvalue weighted by molar-refractivity contribution is 6.30. The van der Waals surface area contributed by atoms with E-state index in [2.05, 4.69) is 10.1 Å². The smallest absolute Gasteiger partial charge is 0.188 e. The van der Waals surface area contributed by atoms with Gasteiger partial charge in [0, 0.05) is 17.3 Å². The topological polar surface area (TPSA) is 80.7 Å². The van der Waals surface area contributed by atoms with Gasteiger partial charge in [-0.1, -0.05) is 28.9 Å². The number of aromatic nitrogens is 1. The first-order chi connectivity index (χ1) is 9.19. The Balaban J connectivity index is 2.05. The molecule has 0 fully saturated rings. The van der Waals surface area contributed by atoms with Crippen LogP contribution < -0.4 is 10.5 Å². The monoisotopic (exact) mass is 277 g/mol. The Kier molecular flexibility index (Phi) is 4.20. The lowest BCUT2D eigenvalue weighted by Crippen LogP contribution is -2.14. The largest absolute Gasteiger partial charge is 0.489 e. The summed E-state index contributed by atoms with van der Waals surface area (Å²) in [6.07, 6.45) is 1.53. The van der Waals surface area contributed by atoms with Crippen molar-refractivity contribution < 1.29 is 9.94 Å². The molecule has 3 N–H and O–H groups in total. The van der Waals surface area contributed by atoms with Crippen LogP contribution in [-0.4, -0.2) is 16.0 Å². The van der Waals surface area contributed by atoms with E-state index in [0.29, 0.717) is 23.1 Å². The highest BCUT2D eigenvalue weighted by atomic mass is 35.5. The first-order valence-corrected chi connectivity index (χ1v) is 5.88. The van der Waals surface area contributed by atoms with E-state index < -0.39 is 0 Å². The van der Waals surface area contributed by atoms with E-state index in [1.54, 1.807) is 24.3 Å².